The van der Waals surface area contributed by atoms with Crippen molar-refractivity contribution in [3.63, 3.8) is 0 Å². The molecule has 1 saturated heterocycles. The van der Waals surface area contributed by atoms with E-state index in [1.807, 2.05) is 0 Å². The van der Waals surface area contributed by atoms with Crippen molar-refractivity contribution in [1.29, 1.82) is 0 Å². The zero-order chi connectivity index (χ0) is 12.5. The van der Waals surface area contributed by atoms with Crippen LogP contribution >= 0.6 is 11.3 Å². The Morgan fingerprint density at radius 3 is 3.17 bits per heavy atom. The summed E-state index contributed by atoms with van der Waals surface area (Å²) >= 11 is 1.70. The molecule has 1 aromatic heterocycles. The number of nitrogens with zero attached hydrogens (tertiary/aromatic N) is 2. The van der Waals surface area contributed by atoms with Crippen molar-refractivity contribution in [2.45, 2.75) is 38.7 Å². The Morgan fingerprint density at radius 1 is 1.50 bits per heavy atom. The predicted octanol–water partition coefficient (Wildman–Crippen LogP) is 2.28. The summed E-state index contributed by atoms with van der Waals surface area (Å²) < 4.78 is 5.67. The van der Waals surface area contributed by atoms with Crippen molar-refractivity contribution < 1.29 is 9.53 Å². The average Bonchev–Trinajstić information content (AvgIpc) is 2.84. The fraction of sp³-hybridized carbons (Fsp3) is 0.692. The molecule has 1 aromatic rings. The van der Waals surface area contributed by atoms with Crippen LogP contribution < -0.4 is 4.90 Å². The summed E-state index contributed by atoms with van der Waals surface area (Å²) in [5.74, 6) is 0.221. The van der Waals surface area contributed by atoms with Gasteiger partial charge < -0.3 is 9.64 Å². The highest BCUT2D eigenvalue weighted by atomic mass is 32.1. The number of carbonyl (C=O) groups is 1. The maximum Gasteiger partial charge on any atom is 0.186 e. The molecule has 0 saturated carbocycles. The summed E-state index contributed by atoms with van der Waals surface area (Å²) in [4.78, 5) is 19.8. The minimum atomic E-state index is 0.221. The van der Waals surface area contributed by atoms with E-state index >= 15 is 0 Å². The van der Waals surface area contributed by atoms with Crippen LogP contribution in [-0.4, -0.2) is 36.6 Å². The lowest BCUT2D eigenvalue weighted by atomic mass is 10.0. The number of Topliss-reactive ketones (excluding diaryl/α,β-unsaturated/α-hetero) is 1. The number of aromatic nitrogens is 1. The fourth-order valence-corrected chi connectivity index (χ4v) is 3.68. The Labute approximate surface area is 111 Å². The van der Waals surface area contributed by atoms with Gasteiger partial charge in [0.2, 0.25) is 0 Å². The molecule has 4 nitrogen and oxygen atoms in total. The number of thiazole rings is 1. The molecule has 98 valence electrons. The highest BCUT2D eigenvalue weighted by Gasteiger charge is 2.26. The van der Waals surface area contributed by atoms with Gasteiger partial charge in [0.1, 0.15) is 5.69 Å². The number of ketones is 1. The SMILES string of the molecule is CCC1CN(c2nc3c(s2)CCCC3=O)CCO1. The summed E-state index contributed by atoms with van der Waals surface area (Å²) in [6.07, 6.45) is 3.99. The Bertz CT molecular complexity index is 458. The van der Waals surface area contributed by atoms with Gasteiger partial charge in [-0.3, -0.25) is 4.79 Å². The largest absolute Gasteiger partial charge is 0.375 e. The second kappa shape index (κ2) is 4.97. The second-order valence-corrected chi connectivity index (χ2v) is 5.95. The quantitative estimate of drug-likeness (QED) is 0.823. The molecule has 0 aromatic carbocycles. The van der Waals surface area contributed by atoms with Crippen LogP contribution in [0.5, 0.6) is 0 Å². The number of hydrogen-bond acceptors (Lipinski definition) is 5. The molecule has 0 radical (unpaired) electrons. The maximum atomic E-state index is 11.8. The summed E-state index contributed by atoms with van der Waals surface area (Å²) in [7, 11) is 0. The number of aryl methyl sites for hydroxylation is 1. The number of ether oxygens (including phenoxy) is 1. The predicted molar refractivity (Wildman–Crippen MR) is 71.6 cm³/mol. The van der Waals surface area contributed by atoms with Crippen molar-refractivity contribution in [3.05, 3.63) is 10.6 Å². The number of fused-ring (bicyclic) bond motifs is 1. The Balaban J connectivity index is 1.82. The molecule has 1 fully saturated rings. The minimum Gasteiger partial charge on any atom is -0.375 e. The summed E-state index contributed by atoms with van der Waals surface area (Å²) in [5, 5.41) is 1.01. The standard InChI is InChI=1S/C13H18N2O2S/c1-2-9-8-15(6-7-17-9)13-14-12-10(16)4-3-5-11(12)18-13/h9H,2-8H2,1H3. The molecule has 5 heteroatoms. The van der Waals surface area contributed by atoms with E-state index in [1.54, 1.807) is 11.3 Å². The molecular formula is C13H18N2O2S. The van der Waals surface area contributed by atoms with Crippen LogP contribution in [0.2, 0.25) is 0 Å². The second-order valence-electron chi connectivity index (χ2n) is 4.89. The highest BCUT2D eigenvalue weighted by Crippen LogP contribution is 2.32. The molecule has 1 aliphatic heterocycles. The average molecular weight is 266 g/mol. The molecule has 2 aliphatic rings. The van der Waals surface area contributed by atoms with Gasteiger partial charge in [-0.25, -0.2) is 4.98 Å². The Morgan fingerprint density at radius 2 is 2.39 bits per heavy atom. The van der Waals surface area contributed by atoms with E-state index in [-0.39, 0.29) is 5.78 Å². The molecule has 0 N–H and O–H groups in total. The number of anilines is 1. The molecule has 3 rings (SSSR count). The first-order chi connectivity index (χ1) is 8.78. The molecular weight excluding hydrogens is 248 g/mol. The van der Waals surface area contributed by atoms with Gasteiger partial charge in [0, 0.05) is 24.4 Å². The smallest absolute Gasteiger partial charge is 0.186 e. The number of hydrogen-bond donors (Lipinski definition) is 0. The summed E-state index contributed by atoms with van der Waals surface area (Å²) in [6.45, 7) is 4.69. The van der Waals surface area contributed by atoms with Gasteiger partial charge in [-0.05, 0) is 19.3 Å². The zero-order valence-corrected chi connectivity index (χ0v) is 11.5. The van der Waals surface area contributed by atoms with Crippen molar-refractivity contribution in [3.8, 4) is 0 Å². The third kappa shape index (κ3) is 2.17. The molecule has 1 aliphatic carbocycles. The number of carbonyl (C=O) groups excluding carboxylic acids is 1. The van der Waals surface area contributed by atoms with Crippen LogP contribution in [0.1, 0.15) is 41.6 Å². The van der Waals surface area contributed by atoms with Crippen LogP contribution in [0, 0.1) is 0 Å². The number of rotatable bonds is 2. The third-order valence-corrected chi connectivity index (χ3v) is 4.80. The molecule has 1 unspecified atom stereocenters. The first-order valence-electron chi connectivity index (χ1n) is 6.67. The van der Waals surface area contributed by atoms with Gasteiger partial charge in [0.15, 0.2) is 10.9 Å². The lowest BCUT2D eigenvalue weighted by molar-refractivity contribution is 0.0384. The maximum absolute atomic E-state index is 11.8. The van der Waals surface area contributed by atoms with E-state index in [2.05, 4.69) is 16.8 Å². The number of morpholine rings is 1. The van der Waals surface area contributed by atoms with Crippen molar-refractivity contribution in [1.82, 2.24) is 4.98 Å². The molecule has 0 bridgehead atoms. The van der Waals surface area contributed by atoms with Crippen LogP contribution in [0.4, 0.5) is 5.13 Å². The van der Waals surface area contributed by atoms with E-state index in [1.165, 1.54) is 4.88 Å². The molecule has 0 amide bonds. The third-order valence-electron chi connectivity index (χ3n) is 3.62. The van der Waals surface area contributed by atoms with Gasteiger partial charge in [-0.1, -0.05) is 6.92 Å². The van der Waals surface area contributed by atoms with Crippen molar-refractivity contribution in [2.75, 3.05) is 24.6 Å². The molecule has 1 atom stereocenters. The van der Waals surface area contributed by atoms with Crippen LogP contribution in [0.3, 0.4) is 0 Å². The van der Waals surface area contributed by atoms with Gasteiger partial charge in [-0.2, -0.15) is 0 Å². The molecule has 0 spiro atoms. The van der Waals surface area contributed by atoms with Gasteiger partial charge in [-0.15, -0.1) is 11.3 Å². The summed E-state index contributed by atoms with van der Waals surface area (Å²) in [6, 6.07) is 0. The zero-order valence-electron chi connectivity index (χ0n) is 10.6. The van der Waals surface area contributed by atoms with Crippen molar-refractivity contribution in [2.24, 2.45) is 0 Å². The van der Waals surface area contributed by atoms with Gasteiger partial charge in [0.05, 0.1) is 12.7 Å². The highest BCUT2D eigenvalue weighted by molar-refractivity contribution is 7.16. The van der Waals surface area contributed by atoms with E-state index in [9.17, 15) is 4.79 Å². The lowest BCUT2D eigenvalue weighted by Gasteiger charge is -2.32. The van der Waals surface area contributed by atoms with E-state index < -0.39 is 0 Å². The minimum absolute atomic E-state index is 0.221. The van der Waals surface area contributed by atoms with Crippen molar-refractivity contribution >= 4 is 22.3 Å². The van der Waals surface area contributed by atoms with E-state index in [0.717, 1.165) is 49.8 Å². The lowest BCUT2D eigenvalue weighted by Crippen LogP contribution is -2.42. The normalized spacial score (nSPS) is 24.2. The first-order valence-corrected chi connectivity index (χ1v) is 7.49. The monoisotopic (exact) mass is 266 g/mol. The topological polar surface area (TPSA) is 42.4 Å². The Hall–Kier alpha value is -0.940. The van der Waals surface area contributed by atoms with Gasteiger partial charge >= 0.3 is 0 Å². The first kappa shape index (κ1) is 12.1. The van der Waals surface area contributed by atoms with Gasteiger partial charge in [0.25, 0.3) is 0 Å². The fourth-order valence-electron chi connectivity index (χ4n) is 2.53. The van der Waals surface area contributed by atoms with E-state index in [4.69, 9.17) is 4.74 Å². The molecule has 18 heavy (non-hydrogen) atoms. The summed E-state index contributed by atoms with van der Waals surface area (Å²) in [5.41, 5.74) is 0.737. The van der Waals surface area contributed by atoms with Crippen LogP contribution in [-0.2, 0) is 11.2 Å². The molecule has 2 heterocycles. The van der Waals surface area contributed by atoms with E-state index in [0.29, 0.717) is 12.5 Å². The van der Waals surface area contributed by atoms with Crippen LogP contribution in [0.15, 0.2) is 0 Å². The van der Waals surface area contributed by atoms with Crippen LogP contribution in [0.25, 0.3) is 0 Å². The Kier molecular flexibility index (Phi) is 3.35.